The Balaban J connectivity index is 1.53. The van der Waals surface area contributed by atoms with Crippen molar-refractivity contribution in [2.45, 2.75) is 39.0 Å². The van der Waals surface area contributed by atoms with Crippen molar-refractivity contribution < 1.29 is 0 Å². The Morgan fingerprint density at radius 2 is 1.45 bits per heavy atom. The zero-order valence-corrected chi connectivity index (χ0v) is 19.9. The Morgan fingerprint density at radius 1 is 0.839 bits per heavy atom. The monoisotopic (exact) mass is 441 g/mol. The molecule has 1 aliphatic rings. The molecule has 0 unspecified atom stereocenters. The van der Waals surface area contributed by atoms with E-state index in [1.165, 1.54) is 68.3 Å². The summed E-state index contributed by atoms with van der Waals surface area (Å²) in [6, 6.07) is 28.7. The maximum absolute atomic E-state index is 5.22. The summed E-state index contributed by atoms with van der Waals surface area (Å²) < 4.78 is 0. The zero-order chi connectivity index (χ0) is 21.2. The van der Waals surface area contributed by atoms with Crippen LogP contribution in [0.15, 0.2) is 78.9 Å². The highest BCUT2D eigenvalue weighted by atomic mass is 32.1. The van der Waals surface area contributed by atoms with Crippen LogP contribution in [0.25, 0.3) is 10.6 Å². The van der Waals surface area contributed by atoms with E-state index in [-0.39, 0.29) is 0 Å². The number of hydrogen-bond donors (Lipinski definition) is 0. The van der Waals surface area contributed by atoms with Crippen molar-refractivity contribution in [3.05, 3.63) is 101 Å². The normalized spacial score (nSPS) is 15.8. The molecule has 1 aromatic heterocycles. The zero-order valence-electron chi connectivity index (χ0n) is 18.2. The van der Waals surface area contributed by atoms with E-state index in [9.17, 15) is 0 Å². The van der Waals surface area contributed by atoms with Crippen LogP contribution in [0.2, 0.25) is 0 Å². The van der Waals surface area contributed by atoms with Gasteiger partial charge in [0.15, 0.2) is 0 Å². The predicted molar refractivity (Wildman–Crippen MR) is 137 cm³/mol. The molecule has 0 spiro atoms. The molecule has 4 aromatic rings. The van der Waals surface area contributed by atoms with Crippen LogP contribution >= 0.6 is 19.3 Å². The number of nitrogens with zero attached hydrogens (tertiary/aromatic N) is 1. The van der Waals surface area contributed by atoms with Gasteiger partial charge in [0.05, 0.1) is 5.69 Å². The van der Waals surface area contributed by atoms with Gasteiger partial charge in [0, 0.05) is 16.4 Å². The molecule has 3 heteroatoms. The van der Waals surface area contributed by atoms with Crippen LogP contribution in [-0.2, 0) is 6.42 Å². The van der Waals surface area contributed by atoms with Crippen LogP contribution in [0.1, 0.15) is 40.5 Å². The second kappa shape index (κ2) is 9.07. The molecule has 0 bridgehead atoms. The van der Waals surface area contributed by atoms with Gasteiger partial charge in [0.2, 0.25) is 0 Å². The van der Waals surface area contributed by atoms with Crippen molar-refractivity contribution >= 4 is 29.9 Å². The van der Waals surface area contributed by atoms with E-state index in [0.29, 0.717) is 5.92 Å². The van der Waals surface area contributed by atoms with Gasteiger partial charge in [-0.2, -0.15) is 0 Å². The summed E-state index contributed by atoms with van der Waals surface area (Å²) >= 11 is 1.91. The Kier molecular flexibility index (Phi) is 6.03. The molecule has 3 aromatic carbocycles. The molecule has 1 nitrogen and oxygen atoms in total. The quantitative estimate of drug-likeness (QED) is 0.305. The number of aromatic nitrogens is 1. The molecule has 0 saturated carbocycles. The number of rotatable bonds is 5. The Bertz CT molecular complexity index is 1140. The first-order valence-corrected chi connectivity index (χ1v) is 13.5. The van der Waals surface area contributed by atoms with Gasteiger partial charge in [-0.25, -0.2) is 4.98 Å². The molecule has 1 heterocycles. The van der Waals surface area contributed by atoms with Crippen molar-refractivity contribution in [1.29, 1.82) is 0 Å². The van der Waals surface area contributed by atoms with E-state index in [2.05, 4.69) is 92.7 Å². The maximum atomic E-state index is 5.22. The van der Waals surface area contributed by atoms with E-state index in [1.807, 2.05) is 11.3 Å². The van der Waals surface area contributed by atoms with Gasteiger partial charge in [0.1, 0.15) is 5.01 Å². The lowest BCUT2D eigenvalue weighted by molar-refractivity contribution is 0.589. The molecular formula is C28H28NPS. The highest BCUT2D eigenvalue weighted by molar-refractivity contribution is 7.73. The lowest BCUT2D eigenvalue weighted by Crippen LogP contribution is -2.23. The fraction of sp³-hybridized carbons (Fsp3) is 0.250. The van der Waals surface area contributed by atoms with Crippen LogP contribution in [0.3, 0.4) is 0 Å². The summed E-state index contributed by atoms with van der Waals surface area (Å²) in [7, 11) is -0.420. The second-order valence-corrected chi connectivity index (χ2v) is 11.7. The lowest BCUT2D eigenvalue weighted by atomic mass is 9.92. The third-order valence-corrected chi connectivity index (χ3v) is 10.5. The second-order valence-electron chi connectivity index (χ2n) is 8.47. The lowest BCUT2D eigenvalue weighted by Gasteiger charge is -2.29. The molecule has 156 valence electrons. The summed E-state index contributed by atoms with van der Waals surface area (Å²) in [4.78, 5) is 6.73. The highest BCUT2D eigenvalue weighted by Gasteiger charge is 2.29. The molecule has 0 saturated heterocycles. The van der Waals surface area contributed by atoms with Gasteiger partial charge in [-0.15, -0.1) is 11.3 Å². The van der Waals surface area contributed by atoms with Crippen LogP contribution in [-0.4, -0.2) is 11.1 Å². The van der Waals surface area contributed by atoms with E-state index in [1.54, 1.807) is 0 Å². The average Bonchev–Trinajstić information content (AvgIpc) is 3.25. The van der Waals surface area contributed by atoms with Crippen LogP contribution in [0.4, 0.5) is 0 Å². The summed E-state index contributed by atoms with van der Waals surface area (Å²) in [5.41, 5.74) is 5.46. The number of benzene rings is 3. The molecule has 5 rings (SSSR count). The summed E-state index contributed by atoms with van der Waals surface area (Å²) in [6.45, 7) is 4.54. The van der Waals surface area contributed by atoms with Crippen LogP contribution in [0, 0.1) is 13.8 Å². The van der Waals surface area contributed by atoms with E-state index in [0.717, 1.165) is 0 Å². The minimum absolute atomic E-state index is 0.420. The first-order chi connectivity index (χ1) is 15.2. The third-order valence-electron chi connectivity index (χ3n) is 6.31. The van der Waals surface area contributed by atoms with E-state index in [4.69, 9.17) is 4.98 Å². The molecule has 1 atom stereocenters. The van der Waals surface area contributed by atoms with Gasteiger partial charge in [-0.05, 0) is 68.9 Å². The van der Waals surface area contributed by atoms with Crippen molar-refractivity contribution in [2.24, 2.45) is 0 Å². The fourth-order valence-corrected chi connectivity index (χ4v) is 8.85. The molecule has 0 fully saturated rings. The Morgan fingerprint density at radius 3 is 2.10 bits per heavy atom. The van der Waals surface area contributed by atoms with Gasteiger partial charge < -0.3 is 0 Å². The minimum Gasteiger partial charge on any atom is -0.241 e. The van der Waals surface area contributed by atoms with Crippen LogP contribution in [0.5, 0.6) is 0 Å². The average molecular weight is 442 g/mol. The first-order valence-electron chi connectivity index (χ1n) is 11.1. The predicted octanol–water partition coefficient (Wildman–Crippen LogP) is 6.98. The van der Waals surface area contributed by atoms with Crippen molar-refractivity contribution in [2.75, 3.05) is 6.16 Å². The first kappa shape index (κ1) is 20.6. The molecular weight excluding hydrogens is 413 g/mol. The molecule has 0 aliphatic heterocycles. The summed E-state index contributed by atoms with van der Waals surface area (Å²) in [5, 5.41) is 4.24. The minimum atomic E-state index is -0.420. The molecule has 0 N–H and O–H groups in total. The number of aryl methyl sites for hydroxylation is 3. The van der Waals surface area contributed by atoms with Crippen LogP contribution < -0.4 is 10.6 Å². The topological polar surface area (TPSA) is 12.9 Å². The highest BCUT2D eigenvalue weighted by Crippen LogP contribution is 2.46. The van der Waals surface area contributed by atoms with E-state index < -0.39 is 7.92 Å². The number of hydrogen-bond acceptors (Lipinski definition) is 2. The van der Waals surface area contributed by atoms with Gasteiger partial charge in [0.25, 0.3) is 0 Å². The SMILES string of the molecule is Cc1ccccc1P(C[C@@H]1CCCc2sc(-c3ccccc3)nc21)c1ccccc1C. The molecule has 0 radical (unpaired) electrons. The molecule has 0 amide bonds. The molecule has 31 heavy (non-hydrogen) atoms. The van der Waals surface area contributed by atoms with E-state index >= 15 is 0 Å². The number of fused-ring (bicyclic) bond motifs is 1. The fourth-order valence-electron chi connectivity index (χ4n) is 4.67. The Hall–Kier alpha value is -2.28. The smallest absolute Gasteiger partial charge is 0.123 e. The summed E-state index contributed by atoms with van der Waals surface area (Å²) in [5.74, 6) is 0.544. The van der Waals surface area contributed by atoms with Crippen molar-refractivity contribution in [1.82, 2.24) is 4.98 Å². The van der Waals surface area contributed by atoms with Crippen molar-refractivity contribution in [3.63, 3.8) is 0 Å². The van der Waals surface area contributed by atoms with Gasteiger partial charge in [-0.1, -0.05) is 78.9 Å². The van der Waals surface area contributed by atoms with Gasteiger partial charge >= 0.3 is 0 Å². The standard InChI is InChI=1S/C28H28NPS/c1-20-11-6-8-16-24(20)30(25-17-9-7-12-21(25)2)19-23-15-10-18-26-27(23)29-28(31-26)22-13-4-3-5-14-22/h3-9,11-14,16-17,23H,10,15,18-19H2,1-2H3/t23-/m0/s1. The maximum Gasteiger partial charge on any atom is 0.123 e. The van der Waals surface area contributed by atoms with Crippen molar-refractivity contribution in [3.8, 4) is 10.6 Å². The summed E-state index contributed by atoms with van der Waals surface area (Å²) in [6.07, 6.45) is 4.90. The van der Waals surface area contributed by atoms with Gasteiger partial charge in [-0.3, -0.25) is 0 Å². The third kappa shape index (κ3) is 4.25. The Labute approximate surface area is 191 Å². The largest absolute Gasteiger partial charge is 0.241 e. The number of thiazole rings is 1. The molecule has 1 aliphatic carbocycles.